The number of primary amides is 1. The van der Waals surface area contributed by atoms with Crippen LogP contribution in [0.3, 0.4) is 0 Å². The third-order valence-electron chi connectivity index (χ3n) is 9.49. The van der Waals surface area contributed by atoms with E-state index in [1.165, 1.54) is 30.8 Å². The molecule has 3 aliphatic carbocycles. The molecule has 0 bridgehead atoms. The van der Waals surface area contributed by atoms with Gasteiger partial charge in [0.25, 0.3) is 0 Å². The van der Waals surface area contributed by atoms with Gasteiger partial charge in [0, 0.05) is 30.5 Å². The fourth-order valence-corrected chi connectivity index (χ4v) is 7.04. The zero-order valence-corrected chi connectivity index (χ0v) is 22.2. The van der Waals surface area contributed by atoms with Crippen molar-refractivity contribution in [2.24, 2.45) is 38.8 Å². The first-order chi connectivity index (χ1) is 16.4. The first-order valence-electron chi connectivity index (χ1n) is 13.2. The number of Topliss-reactive ketones (excluding diaryl/α,β-unsaturated/α-hetero) is 1. The van der Waals surface area contributed by atoms with Crippen LogP contribution in [0.2, 0.25) is 0 Å². The summed E-state index contributed by atoms with van der Waals surface area (Å²) in [7, 11) is 0. The first-order valence-corrected chi connectivity index (χ1v) is 13.7. The lowest BCUT2D eigenvalue weighted by Gasteiger charge is -2.34. The zero-order valence-electron chi connectivity index (χ0n) is 21.4. The number of amides is 2. The van der Waals surface area contributed by atoms with Gasteiger partial charge < -0.3 is 15.7 Å². The fraction of sp³-hybridized carbons (Fsp3) is 0.815. The number of carbonyl (C=O) groups excluding carboxylic acids is 3. The molecule has 0 aromatic carbocycles. The van der Waals surface area contributed by atoms with Crippen molar-refractivity contribution < 1.29 is 19.5 Å². The van der Waals surface area contributed by atoms with Gasteiger partial charge in [0.05, 0.1) is 6.04 Å². The third-order valence-corrected chi connectivity index (χ3v) is 9.61. The highest BCUT2D eigenvalue weighted by Crippen LogP contribution is 2.77. The van der Waals surface area contributed by atoms with Gasteiger partial charge >= 0.3 is 0 Å². The number of nitrogens with zero attached hydrogens (tertiary/aromatic N) is 2. The minimum Gasteiger partial charge on any atom is -0.383 e. The molecule has 0 radical (unpaired) electrons. The number of aliphatic hydroxyl groups excluding tert-OH is 1. The number of hydrogen-bond donors (Lipinski definition) is 2. The minimum absolute atomic E-state index is 0.0172. The molecule has 3 N–H and O–H groups in total. The van der Waals surface area contributed by atoms with Crippen LogP contribution >= 0.6 is 12.2 Å². The van der Waals surface area contributed by atoms with Gasteiger partial charge in [-0.05, 0) is 54.3 Å². The van der Waals surface area contributed by atoms with Gasteiger partial charge in [-0.3, -0.25) is 19.4 Å². The average Bonchev–Trinajstić information content (AvgIpc) is 3.23. The highest BCUT2D eigenvalue weighted by Gasteiger charge is 2.73. The van der Waals surface area contributed by atoms with Crippen molar-refractivity contribution in [2.45, 2.75) is 103 Å². The highest BCUT2D eigenvalue weighted by molar-refractivity contribution is 7.80. The summed E-state index contributed by atoms with van der Waals surface area (Å²) in [6.45, 7) is 6.51. The average molecular weight is 504 g/mol. The molecule has 2 spiro atoms. The van der Waals surface area contributed by atoms with E-state index in [-0.39, 0.29) is 28.9 Å². The van der Waals surface area contributed by atoms with Gasteiger partial charge in [0.15, 0.2) is 5.78 Å². The molecule has 4 aliphatic rings. The molecule has 5 atom stereocenters. The van der Waals surface area contributed by atoms with Gasteiger partial charge in [-0.25, -0.2) is 0 Å². The van der Waals surface area contributed by atoms with Gasteiger partial charge in [-0.2, -0.15) is 0 Å². The molecule has 1 saturated heterocycles. The van der Waals surface area contributed by atoms with E-state index >= 15 is 0 Å². The predicted octanol–water partition coefficient (Wildman–Crippen LogP) is 3.24. The highest BCUT2D eigenvalue weighted by atomic mass is 32.1. The smallest absolute Gasteiger partial charge is 0.248 e. The summed E-state index contributed by atoms with van der Waals surface area (Å²) in [5.74, 6) is -1.05. The number of ketones is 1. The molecule has 0 aromatic rings. The molecule has 8 heteroatoms. The number of hydrogen-bond acceptors (Lipinski definition) is 6. The van der Waals surface area contributed by atoms with Crippen LogP contribution in [-0.4, -0.2) is 63.9 Å². The Kier molecular flexibility index (Phi) is 7.28. The third kappa shape index (κ3) is 4.97. The predicted molar refractivity (Wildman–Crippen MR) is 139 cm³/mol. The second-order valence-corrected chi connectivity index (χ2v) is 13.1. The Balaban J connectivity index is 1.57. The van der Waals surface area contributed by atoms with E-state index in [9.17, 15) is 19.5 Å². The van der Waals surface area contributed by atoms with E-state index in [2.05, 4.69) is 4.99 Å². The van der Waals surface area contributed by atoms with Crippen LogP contribution < -0.4 is 5.73 Å². The van der Waals surface area contributed by atoms with Crippen molar-refractivity contribution in [1.82, 2.24) is 4.90 Å². The van der Waals surface area contributed by atoms with Gasteiger partial charge in [-0.15, -0.1) is 0 Å². The summed E-state index contributed by atoms with van der Waals surface area (Å²) in [5.41, 5.74) is 5.31. The van der Waals surface area contributed by atoms with Crippen molar-refractivity contribution in [1.29, 1.82) is 0 Å². The van der Waals surface area contributed by atoms with Crippen LogP contribution in [-0.2, 0) is 14.4 Å². The number of fused-ring (bicyclic) bond motifs is 1. The van der Waals surface area contributed by atoms with E-state index in [1.807, 2.05) is 20.8 Å². The molecular weight excluding hydrogens is 462 g/mol. The van der Waals surface area contributed by atoms with E-state index in [0.717, 1.165) is 25.7 Å². The van der Waals surface area contributed by atoms with Crippen molar-refractivity contribution >= 4 is 41.4 Å². The SMILES string of the molecule is CC(C)(C)[C@H](N=CC=S)C(=O)N1C[C@]2(C[C@H]1C(=O)CC(CC1CCC1)C(O)C(N)=O)CC21CCC1. The second kappa shape index (κ2) is 9.66. The van der Waals surface area contributed by atoms with Crippen LogP contribution in [0.25, 0.3) is 0 Å². The fourth-order valence-electron chi connectivity index (χ4n) is 6.97. The lowest BCUT2D eigenvalue weighted by Crippen LogP contribution is -2.49. The van der Waals surface area contributed by atoms with E-state index < -0.39 is 35.4 Å². The molecule has 194 valence electrons. The van der Waals surface area contributed by atoms with Gasteiger partial charge in [0.1, 0.15) is 12.1 Å². The summed E-state index contributed by atoms with van der Waals surface area (Å²) in [4.78, 5) is 45.8. The lowest BCUT2D eigenvalue weighted by molar-refractivity contribution is -0.141. The monoisotopic (exact) mass is 503 g/mol. The van der Waals surface area contributed by atoms with Gasteiger partial charge in [-0.1, -0.05) is 58.7 Å². The first kappa shape index (κ1) is 26.4. The van der Waals surface area contributed by atoms with E-state index in [0.29, 0.717) is 25.3 Å². The quantitative estimate of drug-likeness (QED) is 0.351. The molecule has 1 aliphatic heterocycles. The lowest BCUT2D eigenvalue weighted by atomic mass is 9.73. The van der Waals surface area contributed by atoms with Crippen LogP contribution in [0.1, 0.15) is 85.0 Å². The molecule has 4 fully saturated rings. The maximum absolute atomic E-state index is 13.9. The number of aliphatic imine (C=N–C) groups is 1. The summed E-state index contributed by atoms with van der Waals surface area (Å²) >= 11 is 4.91. The second-order valence-electron chi connectivity index (χ2n) is 12.8. The Hall–Kier alpha value is -1.67. The summed E-state index contributed by atoms with van der Waals surface area (Å²) in [5, 5.41) is 11.9. The standard InChI is InChI=1S/C27H41N3O4S/c1-25(2,3)22(29-10-11-35)24(34)30-16-27(15-26(27)8-5-9-26)14-19(30)20(31)13-18(21(32)23(28)33)12-17-6-4-7-17/h10-11,17-19,21-22,32H,4-9,12-16H2,1-3H3,(H2,28,33)/t18?,19-,21?,22+,27-/m0/s1. The molecule has 1 heterocycles. The van der Waals surface area contributed by atoms with Crippen molar-refractivity contribution in [3.63, 3.8) is 0 Å². The number of aliphatic hydroxyl groups is 1. The Morgan fingerprint density at radius 2 is 1.89 bits per heavy atom. The zero-order chi connectivity index (χ0) is 25.6. The van der Waals surface area contributed by atoms with Crippen molar-refractivity contribution in [2.75, 3.05) is 6.54 Å². The normalized spacial score (nSPS) is 30.1. The van der Waals surface area contributed by atoms with Crippen LogP contribution in [0.15, 0.2) is 4.99 Å². The Morgan fingerprint density at radius 3 is 2.34 bits per heavy atom. The van der Waals surface area contributed by atoms with Crippen LogP contribution in [0.5, 0.6) is 0 Å². The van der Waals surface area contributed by atoms with Crippen molar-refractivity contribution in [3.8, 4) is 0 Å². The molecular formula is C27H41N3O4S. The number of likely N-dealkylation sites (tertiary alicyclic amines) is 1. The largest absolute Gasteiger partial charge is 0.383 e. The van der Waals surface area contributed by atoms with Crippen LogP contribution in [0, 0.1) is 28.1 Å². The summed E-state index contributed by atoms with van der Waals surface area (Å²) in [6.07, 6.45) is 9.41. The summed E-state index contributed by atoms with van der Waals surface area (Å²) < 4.78 is 0. The van der Waals surface area contributed by atoms with Gasteiger partial charge in [0.2, 0.25) is 11.8 Å². The molecule has 0 aromatic heterocycles. The molecule has 4 rings (SSSR count). The Bertz CT molecular complexity index is 905. The number of nitrogens with two attached hydrogens (primary N) is 1. The topological polar surface area (TPSA) is 113 Å². The Labute approximate surface area is 214 Å². The minimum atomic E-state index is -1.34. The van der Waals surface area contributed by atoms with E-state index in [1.54, 1.807) is 4.90 Å². The van der Waals surface area contributed by atoms with Crippen molar-refractivity contribution in [3.05, 3.63) is 0 Å². The summed E-state index contributed by atoms with van der Waals surface area (Å²) in [6, 6.07) is -1.18. The molecule has 3 saturated carbocycles. The molecule has 35 heavy (non-hydrogen) atoms. The Morgan fingerprint density at radius 1 is 1.20 bits per heavy atom. The maximum Gasteiger partial charge on any atom is 0.248 e. The number of rotatable bonds is 10. The van der Waals surface area contributed by atoms with E-state index in [4.69, 9.17) is 18.0 Å². The molecule has 7 nitrogen and oxygen atoms in total. The van der Waals surface area contributed by atoms with Crippen LogP contribution in [0.4, 0.5) is 0 Å². The molecule has 2 amide bonds. The number of thiocarbonyl (C=S) groups is 1. The number of carbonyl (C=O) groups is 3. The molecule has 2 unspecified atom stereocenters. The maximum atomic E-state index is 13.9.